The Balaban J connectivity index is 0.662. The first kappa shape index (κ1) is 57.8. The fourth-order valence-corrected chi connectivity index (χ4v) is 9.97. The van der Waals surface area contributed by atoms with Crippen molar-refractivity contribution in [3.8, 4) is 17.2 Å². The number of halogens is 2. The molecule has 5 amide bonds. The predicted molar refractivity (Wildman–Crippen MR) is 292 cm³/mol. The van der Waals surface area contributed by atoms with Crippen LogP contribution < -0.4 is 30.2 Å². The Bertz CT molecular complexity index is 2670. The molecule has 2 fully saturated rings. The zero-order valence-electron chi connectivity index (χ0n) is 43.6. The number of fused-ring (bicyclic) bond motifs is 2. The van der Waals surface area contributed by atoms with Crippen LogP contribution in [-0.2, 0) is 35.1 Å². The number of methoxy groups -OCH3 is 2. The number of imide groups is 2. The number of nitrogens with one attached hydrogen (secondary N) is 3. The Labute approximate surface area is 454 Å². The summed E-state index contributed by atoms with van der Waals surface area (Å²) in [6.07, 6.45) is 9.69. The second-order valence-corrected chi connectivity index (χ2v) is 19.6. The van der Waals surface area contributed by atoms with Gasteiger partial charge < -0.3 is 48.9 Å². The van der Waals surface area contributed by atoms with Crippen molar-refractivity contribution in [2.45, 2.75) is 83.2 Å². The molecular weight excluding hydrogens is 1020 g/mol. The van der Waals surface area contributed by atoms with E-state index in [0.29, 0.717) is 85.6 Å². The maximum absolute atomic E-state index is 13.3. The minimum absolute atomic E-state index is 0.0292. The Morgan fingerprint density at radius 2 is 1.42 bits per heavy atom. The van der Waals surface area contributed by atoms with Gasteiger partial charge in [-0.2, -0.15) is 0 Å². The summed E-state index contributed by atoms with van der Waals surface area (Å²) in [6.45, 7) is 14.2. The fraction of sp³-hybridized carbons (Fsp3) is 0.509. The van der Waals surface area contributed by atoms with Crippen LogP contribution in [0.2, 0.25) is 10.0 Å². The monoisotopic (exact) mass is 1090 g/mol. The predicted octanol–water partition coefficient (Wildman–Crippen LogP) is 8.10. The average Bonchev–Trinajstić information content (AvgIpc) is 3.69. The quantitative estimate of drug-likeness (QED) is 0.0240. The average molecular weight is 1090 g/mol. The lowest BCUT2D eigenvalue weighted by atomic mass is 10.0. The SMILES string of the molecule is C=NCc1cnc2cc(OCCCN3CCN(CCCCCCOCCOCCOCCCCCC(=O)Nc4cccc5c4C(=O)N(C4CCC(=O)NC4=O)C5=O)CC3)c(OC)cc2c1Nc1cc(OC)c(Cl)cc1Cl. The first-order chi connectivity index (χ1) is 37.0. The van der Waals surface area contributed by atoms with E-state index in [1.54, 1.807) is 44.7 Å². The first-order valence-electron chi connectivity index (χ1n) is 26.2. The highest BCUT2D eigenvalue weighted by molar-refractivity contribution is 6.37. The van der Waals surface area contributed by atoms with Crippen molar-refractivity contribution in [1.29, 1.82) is 0 Å². The van der Waals surface area contributed by atoms with Crippen LogP contribution in [0.5, 0.6) is 17.2 Å². The van der Waals surface area contributed by atoms with Gasteiger partial charge in [0.25, 0.3) is 11.8 Å². The summed E-state index contributed by atoms with van der Waals surface area (Å²) in [4.78, 5) is 77.8. The maximum atomic E-state index is 13.3. The third kappa shape index (κ3) is 15.8. The molecule has 0 radical (unpaired) electrons. The van der Waals surface area contributed by atoms with E-state index >= 15 is 0 Å². The van der Waals surface area contributed by atoms with Gasteiger partial charge in [0.15, 0.2) is 11.5 Å². The Morgan fingerprint density at radius 1 is 0.750 bits per heavy atom. The molecule has 0 spiro atoms. The lowest BCUT2D eigenvalue weighted by Crippen LogP contribution is -2.54. The zero-order chi connectivity index (χ0) is 53.8. The molecule has 1 atom stereocenters. The molecule has 0 bridgehead atoms. The molecule has 4 aromatic rings. The first-order valence-corrected chi connectivity index (χ1v) is 26.9. The molecule has 0 aliphatic carbocycles. The smallest absolute Gasteiger partial charge is 0.264 e. The molecule has 21 heteroatoms. The molecule has 3 N–H and O–H groups in total. The van der Waals surface area contributed by atoms with E-state index in [2.05, 4.69) is 37.5 Å². The van der Waals surface area contributed by atoms with E-state index < -0.39 is 29.7 Å². The number of pyridine rings is 1. The van der Waals surface area contributed by atoms with Gasteiger partial charge in [0.1, 0.15) is 11.8 Å². The third-order valence-electron chi connectivity index (χ3n) is 13.5. The number of carbonyl (C=O) groups is 5. The number of rotatable bonds is 32. The van der Waals surface area contributed by atoms with Crippen LogP contribution in [0.4, 0.5) is 17.1 Å². The number of piperazine rings is 1. The topological polar surface area (TPSA) is 212 Å². The summed E-state index contributed by atoms with van der Waals surface area (Å²) < 4.78 is 34.6. The fourth-order valence-electron chi connectivity index (χ4n) is 9.46. The van der Waals surface area contributed by atoms with Crippen LogP contribution in [0, 0.1) is 0 Å². The standard InChI is InChI=1S/C55H70Cl2N8O11/c1-58-35-37-36-59-43-33-48(47(72-3)31-39(43)52(37)61-44-34-46(71-2)41(57)32-40(44)56)76-26-12-19-64-22-20-63(21-23-64)18-8-4-5-9-24-73-27-29-75-30-28-74-25-10-6-7-15-49(66)60-42-14-11-13-38-51(42)55(70)65(54(38)69)45-16-17-50(67)62-53(45)68/h11,13-14,31-34,36,45H,1,4-10,12,15-30,35H2,2-3H3,(H,59,61)(H,60,66)(H,62,67,68). The molecule has 1 unspecified atom stereocenters. The summed E-state index contributed by atoms with van der Waals surface area (Å²) in [5, 5.41) is 10.1. The number of amides is 5. The van der Waals surface area contributed by atoms with Gasteiger partial charge in [-0.3, -0.25) is 44.2 Å². The van der Waals surface area contributed by atoms with Crippen molar-refractivity contribution in [2.75, 3.05) is 110 Å². The van der Waals surface area contributed by atoms with Crippen LogP contribution in [0.25, 0.3) is 10.9 Å². The van der Waals surface area contributed by atoms with E-state index in [0.717, 1.165) is 105 Å². The minimum Gasteiger partial charge on any atom is -0.495 e. The molecule has 3 aromatic carbocycles. The summed E-state index contributed by atoms with van der Waals surface area (Å²) in [6, 6.07) is 10.8. The van der Waals surface area contributed by atoms with Gasteiger partial charge in [0.2, 0.25) is 17.7 Å². The molecule has 0 saturated carbocycles. The van der Waals surface area contributed by atoms with Crippen LogP contribution in [-0.4, -0.2) is 162 Å². The number of nitrogens with zero attached hydrogens (tertiary/aromatic N) is 5. The summed E-state index contributed by atoms with van der Waals surface area (Å²) in [5.74, 6) is -0.968. The van der Waals surface area contributed by atoms with Crippen molar-refractivity contribution in [3.63, 3.8) is 0 Å². The summed E-state index contributed by atoms with van der Waals surface area (Å²) in [7, 11) is 3.18. The largest absolute Gasteiger partial charge is 0.495 e. The number of aromatic nitrogens is 1. The van der Waals surface area contributed by atoms with Gasteiger partial charge in [-0.1, -0.05) is 48.5 Å². The second kappa shape index (κ2) is 29.5. The highest BCUT2D eigenvalue weighted by Crippen LogP contribution is 2.41. The molecule has 7 rings (SSSR count). The number of benzene rings is 3. The number of aliphatic imine (C=N–C) groups is 1. The molecule has 19 nitrogen and oxygen atoms in total. The van der Waals surface area contributed by atoms with E-state index in [-0.39, 0.29) is 42.0 Å². The highest BCUT2D eigenvalue weighted by atomic mass is 35.5. The van der Waals surface area contributed by atoms with Crippen LogP contribution in [0.3, 0.4) is 0 Å². The Morgan fingerprint density at radius 3 is 2.11 bits per heavy atom. The highest BCUT2D eigenvalue weighted by Gasteiger charge is 2.45. The van der Waals surface area contributed by atoms with E-state index in [9.17, 15) is 24.0 Å². The number of hydrogen-bond acceptors (Lipinski definition) is 16. The number of unbranched alkanes of at least 4 members (excludes halogenated alkanes) is 5. The van der Waals surface area contributed by atoms with Crippen molar-refractivity contribution < 1.29 is 52.4 Å². The van der Waals surface area contributed by atoms with Gasteiger partial charge in [0.05, 0.1) is 97.5 Å². The van der Waals surface area contributed by atoms with Gasteiger partial charge in [0, 0.05) is 88.1 Å². The van der Waals surface area contributed by atoms with Crippen molar-refractivity contribution in [1.82, 2.24) is 25.0 Å². The number of ether oxygens (including phenoxy) is 6. The molecule has 1 aromatic heterocycles. The summed E-state index contributed by atoms with van der Waals surface area (Å²) >= 11 is 12.9. The second-order valence-electron chi connectivity index (χ2n) is 18.8. The van der Waals surface area contributed by atoms with Gasteiger partial charge in [-0.25, -0.2) is 0 Å². The number of piperidine rings is 1. The summed E-state index contributed by atoms with van der Waals surface area (Å²) in [5.41, 5.74) is 3.35. The van der Waals surface area contributed by atoms with Crippen LogP contribution >= 0.6 is 23.2 Å². The Hall–Kier alpha value is -5.93. The third-order valence-corrected chi connectivity index (χ3v) is 14.2. The molecule has 3 aliphatic heterocycles. The van der Waals surface area contributed by atoms with E-state index in [1.807, 2.05) is 12.1 Å². The minimum atomic E-state index is -1.07. The number of carbonyl (C=O) groups excluding carboxylic acids is 5. The van der Waals surface area contributed by atoms with Gasteiger partial charge >= 0.3 is 0 Å². The van der Waals surface area contributed by atoms with Gasteiger partial charge in [-0.05, 0) is 76.1 Å². The molecule has 3 aliphatic rings. The number of hydrogen-bond donors (Lipinski definition) is 3. The van der Waals surface area contributed by atoms with Crippen LogP contribution in [0.1, 0.15) is 96.9 Å². The normalized spacial score (nSPS) is 16.0. The lowest BCUT2D eigenvalue weighted by molar-refractivity contribution is -0.136. The van der Waals surface area contributed by atoms with Crippen molar-refractivity contribution in [3.05, 3.63) is 75.4 Å². The Kier molecular flexibility index (Phi) is 22.5. The number of anilines is 3. The molecule has 2 saturated heterocycles. The van der Waals surface area contributed by atoms with Crippen LogP contribution in [0.15, 0.2) is 53.7 Å². The van der Waals surface area contributed by atoms with Crippen molar-refractivity contribution >= 4 is 87.4 Å². The van der Waals surface area contributed by atoms with Crippen molar-refractivity contribution in [2.24, 2.45) is 4.99 Å². The molecule has 4 heterocycles. The molecule has 410 valence electrons. The lowest BCUT2D eigenvalue weighted by Gasteiger charge is -2.34. The molecule has 76 heavy (non-hydrogen) atoms. The van der Waals surface area contributed by atoms with Gasteiger partial charge in [-0.15, -0.1) is 0 Å². The van der Waals surface area contributed by atoms with E-state index in [1.165, 1.54) is 18.9 Å². The van der Waals surface area contributed by atoms with E-state index in [4.69, 9.17) is 56.6 Å². The maximum Gasteiger partial charge on any atom is 0.264 e. The zero-order valence-corrected chi connectivity index (χ0v) is 45.1. The molecular formula is C55H70Cl2N8O11.